The highest BCUT2D eigenvalue weighted by Gasteiger charge is 2.42. The van der Waals surface area contributed by atoms with Crippen LogP contribution in [0.25, 0.3) is 5.57 Å². The van der Waals surface area contributed by atoms with Gasteiger partial charge in [-0.15, -0.1) is 0 Å². The number of benzene rings is 2. The van der Waals surface area contributed by atoms with E-state index in [1.54, 1.807) is 0 Å². The Morgan fingerprint density at radius 3 is 2.58 bits per heavy atom. The van der Waals surface area contributed by atoms with Gasteiger partial charge in [0.15, 0.2) is 11.6 Å². The summed E-state index contributed by atoms with van der Waals surface area (Å²) >= 11 is 0. The fourth-order valence-electron chi connectivity index (χ4n) is 5.14. The molecule has 0 spiro atoms. The molecule has 0 unspecified atom stereocenters. The van der Waals surface area contributed by atoms with Gasteiger partial charge in [-0.1, -0.05) is 24.3 Å². The molecule has 43 heavy (non-hydrogen) atoms. The first-order valence-corrected chi connectivity index (χ1v) is 13.7. The number of hydrogen-bond acceptors (Lipinski definition) is 6. The molecule has 0 saturated heterocycles. The van der Waals surface area contributed by atoms with Crippen LogP contribution in [-0.2, 0) is 14.3 Å². The minimum Gasteiger partial charge on any atom is -0.478 e. The van der Waals surface area contributed by atoms with Crippen LogP contribution < -0.4 is 16.0 Å². The molecule has 2 aliphatic heterocycles. The number of nitrogens with zero attached hydrogens (tertiary/aromatic N) is 2. The molecule has 2 heterocycles. The van der Waals surface area contributed by atoms with Crippen LogP contribution >= 0.6 is 0 Å². The van der Waals surface area contributed by atoms with Gasteiger partial charge in [0, 0.05) is 45.9 Å². The van der Waals surface area contributed by atoms with E-state index in [1.165, 1.54) is 19.6 Å². The predicted molar refractivity (Wildman–Crippen MR) is 154 cm³/mol. The fraction of sp³-hybridized carbons (Fsp3) is 0.333. The SMILES string of the molecule is COCC1=C(C(=O)O)[C@H](c2ccc(F)c(F)c2)N(C(=O)NCCCN2CC=C(c3cccc(NC(C)=O)c3)CC2)C(=O)N1. The molecule has 13 heteroatoms. The van der Waals surface area contributed by atoms with Crippen molar-refractivity contribution in [2.75, 3.05) is 45.2 Å². The summed E-state index contributed by atoms with van der Waals surface area (Å²) in [6.07, 6.45) is 3.46. The van der Waals surface area contributed by atoms with Crippen molar-refractivity contribution < 1.29 is 37.8 Å². The molecule has 4 N–H and O–H groups in total. The number of anilines is 1. The van der Waals surface area contributed by atoms with E-state index in [4.69, 9.17) is 4.74 Å². The molecule has 228 valence electrons. The molecule has 2 aromatic carbocycles. The molecule has 0 saturated carbocycles. The van der Waals surface area contributed by atoms with Crippen molar-refractivity contribution in [3.05, 3.63) is 82.6 Å². The molecule has 0 fully saturated rings. The average molecular weight is 598 g/mol. The number of carboxylic acid groups (broad SMARTS) is 1. The standard InChI is InChI=1S/C30H33F2N5O6/c1-18(38)34-22-6-3-5-20(15-22)19-9-13-36(14-10-19)12-4-11-33-29(41)37-27(21-7-8-23(31)24(32)16-21)26(28(39)40)25(17-43-2)35-30(37)42/h3,5-9,15-16,27H,4,10-14,17H2,1-2H3,(H,33,41)(H,34,38)(H,35,42)(H,39,40)/t27-/m0/s1. The van der Waals surface area contributed by atoms with E-state index in [0.29, 0.717) is 24.4 Å². The van der Waals surface area contributed by atoms with Crippen molar-refractivity contribution in [3.8, 4) is 0 Å². The van der Waals surface area contributed by atoms with E-state index in [0.717, 1.165) is 42.4 Å². The largest absolute Gasteiger partial charge is 0.478 e. The molecule has 1 atom stereocenters. The highest BCUT2D eigenvalue weighted by Crippen LogP contribution is 2.34. The summed E-state index contributed by atoms with van der Waals surface area (Å²) in [7, 11) is 1.30. The number of carbonyl (C=O) groups excluding carboxylic acids is 3. The van der Waals surface area contributed by atoms with E-state index >= 15 is 0 Å². The van der Waals surface area contributed by atoms with Crippen LogP contribution in [0.1, 0.15) is 36.9 Å². The van der Waals surface area contributed by atoms with Crippen molar-refractivity contribution in [2.24, 2.45) is 0 Å². The molecule has 5 amide bonds. The average Bonchev–Trinajstić information content (AvgIpc) is 2.96. The molecule has 0 radical (unpaired) electrons. The third-order valence-electron chi connectivity index (χ3n) is 7.10. The first-order valence-electron chi connectivity index (χ1n) is 13.7. The van der Waals surface area contributed by atoms with Gasteiger partial charge in [-0.05, 0) is 53.8 Å². The fourth-order valence-corrected chi connectivity index (χ4v) is 5.14. The van der Waals surface area contributed by atoms with E-state index in [-0.39, 0.29) is 30.3 Å². The van der Waals surface area contributed by atoms with Gasteiger partial charge in [-0.3, -0.25) is 9.69 Å². The molecule has 2 aliphatic rings. The number of imide groups is 1. The first-order chi connectivity index (χ1) is 20.6. The number of urea groups is 2. The van der Waals surface area contributed by atoms with Crippen molar-refractivity contribution in [2.45, 2.75) is 25.8 Å². The molecule has 11 nitrogen and oxygen atoms in total. The quantitative estimate of drug-likeness (QED) is 0.305. The van der Waals surface area contributed by atoms with Crippen molar-refractivity contribution in [3.63, 3.8) is 0 Å². The third kappa shape index (κ3) is 7.62. The van der Waals surface area contributed by atoms with Gasteiger partial charge in [0.25, 0.3) is 0 Å². The zero-order chi connectivity index (χ0) is 31.1. The highest BCUT2D eigenvalue weighted by molar-refractivity contribution is 6.01. The molecule has 4 rings (SSSR count). The second kappa shape index (κ2) is 14.0. The van der Waals surface area contributed by atoms with Crippen molar-refractivity contribution >= 4 is 35.2 Å². The maximum atomic E-state index is 14.1. The molecule has 0 aliphatic carbocycles. The first kappa shape index (κ1) is 31.3. The number of carboxylic acids is 1. The molecule has 0 aromatic heterocycles. The summed E-state index contributed by atoms with van der Waals surface area (Å²) in [6, 6.07) is 7.01. The van der Waals surface area contributed by atoms with Crippen LogP contribution in [0.15, 0.2) is 59.8 Å². The highest BCUT2D eigenvalue weighted by atomic mass is 19.2. The molecular formula is C30H33F2N5O6. The van der Waals surface area contributed by atoms with Crippen LogP contribution in [0, 0.1) is 11.6 Å². The topological polar surface area (TPSA) is 140 Å². The van der Waals surface area contributed by atoms with E-state index in [2.05, 4.69) is 26.9 Å². The summed E-state index contributed by atoms with van der Waals surface area (Å²) in [4.78, 5) is 52.7. The smallest absolute Gasteiger partial charge is 0.335 e. The Morgan fingerprint density at radius 1 is 1.14 bits per heavy atom. The minimum atomic E-state index is -1.53. The van der Waals surface area contributed by atoms with Crippen molar-refractivity contribution in [1.82, 2.24) is 20.4 Å². The Hall–Kier alpha value is -4.62. The third-order valence-corrected chi connectivity index (χ3v) is 7.10. The lowest BCUT2D eigenvalue weighted by Crippen LogP contribution is -2.55. The number of ether oxygens (including phenoxy) is 1. The van der Waals surface area contributed by atoms with Gasteiger partial charge in [0.2, 0.25) is 5.91 Å². The summed E-state index contributed by atoms with van der Waals surface area (Å²) < 4.78 is 32.8. The van der Waals surface area contributed by atoms with Gasteiger partial charge >= 0.3 is 18.0 Å². The Bertz CT molecular complexity index is 1480. The normalized spacial score (nSPS) is 17.3. The number of amides is 5. The summed E-state index contributed by atoms with van der Waals surface area (Å²) in [5, 5.41) is 17.8. The molecular weight excluding hydrogens is 564 g/mol. The van der Waals surface area contributed by atoms with E-state index in [1.807, 2.05) is 24.3 Å². The second-order valence-electron chi connectivity index (χ2n) is 10.1. The number of methoxy groups -OCH3 is 1. The Kier molecular flexibility index (Phi) is 10.2. The summed E-state index contributed by atoms with van der Waals surface area (Å²) in [5.41, 5.74) is 2.36. The van der Waals surface area contributed by atoms with Gasteiger partial charge < -0.3 is 25.8 Å². The number of carbonyl (C=O) groups is 4. The van der Waals surface area contributed by atoms with E-state index < -0.39 is 41.3 Å². The van der Waals surface area contributed by atoms with Crippen LogP contribution in [-0.4, -0.2) is 78.7 Å². The Balaban J connectivity index is 1.39. The maximum absolute atomic E-state index is 14.1. The number of aliphatic carboxylic acids is 1. The van der Waals surface area contributed by atoms with Gasteiger partial charge in [0.05, 0.1) is 17.9 Å². The number of rotatable bonds is 10. The summed E-state index contributed by atoms with van der Waals surface area (Å²) in [5.74, 6) is -4.00. The Labute approximate surface area is 247 Å². The lowest BCUT2D eigenvalue weighted by atomic mass is 9.93. The summed E-state index contributed by atoms with van der Waals surface area (Å²) in [6.45, 7) is 3.47. The predicted octanol–water partition coefficient (Wildman–Crippen LogP) is 3.86. The number of halogens is 2. The van der Waals surface area contributed by atoms with Gasteiger partial charge in [0.1, 0.15) is 6.04 Å². The zero-order valence-electron chi connectivity index (χ0n) is 23.8. The van der Waals surface area contributed by atoms with Gasteiger partial charge in [-0.2, -0.15) is 0 Å². The zero-order valence-corrected chi connectivity index (χ0v) is 23.8. The minimum absolute atomic E-state index is 0.0894. The second-order valence-corrected chi connectivity index (χ2v) is 10.1. The van der Waals surface area contributed by atoms with E-state index in [9.17, 15) is 33.1 Å². The number of hydrogen-bond donors (Lipinski definition) is 4. The van der Waals surface area contributed by atoms with Crippen LogP contribution in [0.5, 0.6) is 0 Å². The monoisotopic (exact) mass is 597 g/mol. The van der Waals surface area contributed by atoms with Crippen LogP contribution in [0.3, 0.4) is 0 Å². The Morgan fingerprint density at radius 2 is 1.93 bits per heavy atom. The van der Waals surface area contributed by atoms with Crippen molar-refractivity contribution in [1.29, 1.82) is 0 Å². The lowest BCUT2D eigenvalue weighted by Gasteiger charge is -2.36. The van der Waals surface area contributed by atoms with Crippen LogP contribution in [0.2, 0.25) is 0 Å². The van der Waals surface area contributed by atoms with Crippen LogP contribution in [0.4, 0.5) is 24.1 Å². The van der Waals surface area contributed by atoms with Gasteiger partial charge in [-0.25, -0.2) is 28.1 Å². The molecule has 0 bridgehead atoms. The number of nitrogens with one attached hydrogen (secondary N) is 3. The molecule has 2 aromatic rings. The lowest BCUT2D eigenvalue weighted by molar-refractivity contribution is -0.133. The maximum Gasteiger partial charge on any atom is 0.335 e.